The number of likely N-dealkylation sites (N-methyl/N-ethyl adjacent to an activating group) is 1. The number of carbonyl (C=O) groups is 3. The van der Waals surface area contributed by atoms with Crippen molar-refractivity contribution in [2.75, 3.05) is 33.2 Å². The summed E-state index contributed by atoms with van der Waals surface area (Å²) in [7, 11) is 1.88. The number of halogens is 3. The quantitative estimate of drug-likeness (QED) is 0.589. The van der Waals surface area contributed by atoms with Gasteiger partial charge in [-0.15, -0.1) is 0 Å². The van der Waals surface area contributed by atoms with Crippen molar-refractivity contribution in [1.82, 2.24) is 19.9 Å². The van der Waals surface area contributed by atoms with Crippen LogP contribution in [0, 0.1) is 13.8 Å². The molecule has 1 atom stereocenters. The van der Waals surface area contributed by atoms with Crippen molar-refractivity contribution in [3.8, 4) is 0 Å². The van der Waals surface area contributed by atoms with Crippen LogP contribution in [-0.2, 0) is 9.53 Å². The predicted octanol–water partition coefficient (Wildman–Crippen LogP) is 4.00. The van der Waals surface area contributed by atoms with Crippen LogP contribution in [0.5, 0.6) is 0 Å². The maximum absolute atomic E-state index is 12.9. The van der Waals surface area contributed by atoms with E-state index >= 15 is 0 Å². The SMILES string of the molecule is CCCCC1N(C)C(=O)OC12CCN(C1CCN(C(=O)c3c(C)noc3C)CC1)CC2.O=C(O)C(F)(F)F. The van der Waals surface area contributed by atoms with Gasteiger partial charge in [-0.25, -0.2) is 9.59 Å². The lowest BCUT2D eigenvalue weighted by Crippen LogP contribution is -2.55. The van der Waals surface area contributed by atoms with Gasteiger partial charge in [-0.2, -0.15) is 13.2 Å². The van der Waals surface area contributed by atoms with E-state index in [-0.39, 0.29) is 23.6 Å². The van der Waals surface area contributed by atoms with E-state index in [1.165, 1.54) is 0 Å². The number of unbranched alkanes of at least 4 members (excludes halogenated alkanes) is 1. The highest BCUT2D eigenvalue weighted by Gasteiger charge is 2.53. The van der Waals surface area contributed by atoms with Crippen LogP contribution in [0.1, 0.15) is 73.7 Å². The van der Waals surface area contributed by atoms with E-state index in [4.69, 9.17) is 19.2 Å². The van der Waals surface area contributed by atoms with Crippen molar-refractivity contribution in [2.45, 2.75) is 89.6 Å². The standard InChI is InChI=1S/C23H36N4O4.C2HF3O2/c1-5-6-7-19-23(30-22(29)25(19)4)10-14-26(15-11-23)18-8-12-27(13-9-18)21(28)20-16(2)24-31-17(20)3;3-2(4,5)1(6)7/h18-19H,5-15H2,1-4H3;(H,6,7). The first-order chi connectivity index (χ1) is 17.8. The van der Waals surface area contributed by atoms with Gasteiger partial charge in [0.05, 0.1) is 11.7 Å². The summed E-state index contributed by atoms with van der Waals surface area (Å²) in [6.07, 6.45) is 1.76. The maximum Gasteiger partial charge on any atom is 0.490 e. The van der Waals surface area contributed by atoms with Crippen LogP contribution in [0.3, 0.4) is 0 Å². The zero-order valence-electron chi connectivity index (χ0n) is 22.3. The van der Waals surface area contributed by atoms with E-state index in [9.17, 15) is 22.8 Å². The van der Waals surface area contributed by atoms with Gasteiger partial charge in [0.25, 0.3) is 5.91 Å². The molecule has 0 saturated carbocycles. The first kappa shape index (κ1) is 29.7. The number of carboxylic acid groups (broad SMARTS) is 1. The molecule has 3 fully saturated rings. The Labute approximate surface area is 220 Å². The Hall–Kier alpha value is -2.83. The fourth-order valence-corrected chi connectivity index (χ4v) is 5.73. The monoisotopic (exact) mass is 546 g/mol. The van der Waals surface area contributed by atoms with Gasteiger partial charge in [0.15, 0.2) is 0 Å². The van der Waals surface area contributed by atoms with Crippen molar-refractivity contribution in [3.63, 3.8) is 0 Å². The second-order valence-electron chi connectivity index (χ2n) is 10.3. The number of likely N-dealkylation sites (tertiary alicyclic amines) is 2. The third kappa shape index (κ3) is 6.41. The molecular formula is C25H37F3N4O6. The zero-order chi connectivity index (χ0) is 28.3. The zero-order valence-corrected chi connectivity index (χ0v) is 22.3. The molecule has 0 aromatic carbocycles. The molecule has 1 aromatic rings. The second kappa shape index (κ2) is 11.9. The number of rotatable bonds is 5. The highest BCUT2D eigenvalue weighted by molar-refractivity contribution is 5.96. The Morgan fingerprint density at radius 2 is 1.71 bits per heavy atom. The number of hydrogen-bond donors (Lipinski definition) is 1. The van der Waals surface area contributed by atoms with Crippen molar-refractivity contribution in [1.29, 1.82) is 0 Å². The number of amides is 2. The Morgan fingerprint density at radius 1 is 1.13 bits per heavy atom. The predicted molar refractivity (Wildman–Crippen MR) is 130 cm³/mol. The Balaban J connectivity index is 0.000000505. The van der Waals surface area contributed by atoms with E-state index in [0.29, 0.717) is 23.1 Å². The minimum atomic E-state index is -5.08. The summed E-state index contributed by atoms with van der Waals surface area (Å²) in [5.41, 5.74) is 0.959. The van der Waals surface area contributed by atoms with E-state index < -0.39 is 12.1 Å². The molecule has 1 spiro atoms. The normalized spacial score (nSPS) is 22.3. The molecule has 0 aliphatic carbocycles. The van der Waals surface area contributed by atoms with E-state index in [2.05, 4.69) is 17.0 Å². The lowest BCUT2D eigenvalue weighted by Gasteiger charge is -2.46. The number of aliphatic carboxylic acids is 1. The average molecular weight is 547 g/mol. The molecule has 3 aliphatic rings. The van der Waals surface area contributed by atoms with E-state index in [1.54, 1.807) is 6.92 Å². The highest BCUT2D eigenvalue weighted by atomic mass is 19.4. The lowest BCUT2D eigenvalue weighted by atomic mass is 9.81. The minimum Gasteiger partial charge on any atom is -0.475 e. The van der Waals surface area contributed by atoms with Crippen LogP contribution in [0.25, 0.3) is 0 Å². The van der Waals surface area contributed by atoms with Gasteiger partial charge >= 0.3 is 18.2 Å². The van der Waals surface area contributed by atoms with E-state index in [0.717, 1.165) is 71.1 Å². The van der Waals surface area contributed by atoms with Crippen LogP contribution in [0.15, 0.2) is 4.52 Å². The van der Waals surface area contributed by atoms with Crippen molar-refractivity contribution in [3.05, 3.63) is 17.0 Å². The molecular weight excluding hydrogens is 509 g/mol. The molecule has 4 rings (SSSR count). The molecule has 214 valence electrons. The summed E-state index contributed by atoms with van der Waals surface area (Å²) < 4.78 is 42.9. The first-order valence-corrected chi connectivity index (χ1v) is 13.0. The Morgan fingerprint density at radius 3 is 2.18 bits per heavy atom. The fraction of sp³-hybridized carbons (Fsp3) is 0.760. The first-order valence-electron chi connectivity index (χ1n) is 13.0. The molecule has 38 heavy (non-hydrogen) atoms. The summed E-state index contributed by atoms with van der Waals surface area (Å²) in [5.74, 6) is -2.13. The average Bonchev–Trinajstić information content (AvgIpc) is 3.32. The highest BCUT2D eigenvalue weighted by Crippen LogP contribution is 2.41. The summed E-state index contributed by atoms with van der Waals surface area (Å²) >= 11 is 0. The smallest absolute Gasteiger partial charge is 0.475 e. The van der Waals surface area contributed by atoms with Crippen molar-refractivity contribution < 1.29 is 41.9 Å². The van der Waals surface area contributed by atoms with Gasteiger partial charge in [-0.05, 0) is 33.1 Å². The lowest BCUT2D eigenvalue weighted by molar-refractivity contribution is -0.192. The number of hydrogen-bond acceptors (Lipinski definition) is 7. The summed E-state index contributed by atoms with van der Waals surface area (Å²) in [5, 5.41) is 11.0. The molecule has 0 radical (unpaired) electrons. The minimum absolute atomic E-state index is 0.0342. The van der Waals surface area contributed by atoms with Gasteiger partial charge in [0.2, 0.25) is 0 Å². The van der Waals surface area contributed by atoms with Gasteiger partial charge in [-0.1, -0.05) is 24.9 Å². The molecule has 3 saturated heterocycles. The van der Waals surface area contributed by atoms with Gasteiger partial charge in [-0.3, -0.25) is 9.69 Å². The summed E-state index contributed by atoms with van der Waals surface area (Å²) in [4.78, 5) is 40.4. The molecule has 1 unspecified atom stereocenters. The largest absolute Gasteiger partial charge is 0.490 e. The number of carboxylic acids is 1. The van der Waals surface area contributed by atoms with Crippen LogP contribution in [-0.4, -0.2) is 100 Å². The number of carbonyl (C=O) groups excluding carboxylic acids is 2. The van der Waals surface area contributed by atoms with Crippen LogP contribution < -0.4 is 0 Å². The fourth-order valence-electron chi connectivity index (χ4n) is 5.73. The van der Waals surface area contributed by atoms with Gasteiger partial charge < -0.3 is 24.2 Å². The molecule has 10 nitrogen and oxygen atoms in total. The van der Waals surface area contributed by atoms with Crippen molar-refractivity contribution in [2.24, 2.45) is 0 Å². The number of piperidine rings is 2. The number of nitrogens with zero attached hydrogens (tertiary/aromatic N) is 4. The second-order valence-corrected chi connectivity index (χ2v) is 10.3. The van der Waals surface area contributed by atoms with Crippen LogP contribution in [0.4, 0.5) is 18.0 Å². The molecule has 1 aromatic heterocycles. The molecule has 1 N–H and O–H groups in total. The Kier molecular flexibility index (Phi) is 9.32. The topological polar surface area (TPSA) is 116 Å². The van der Waals surface area contributed by atoms with Gasteiger partial charge in [0, 0.05) is 52.1 Å². The molecule has 0 bridgehead atoms. The number of aromatic nitrogens is 1. The maximum atomic E-state index is 12.9. The molecule has 13 heteroatoms. The summed E-state index contributed by atoms with van der Waals surface area (Å²) in [6, 6.07) is 0.673. The number of aryl methyl sites for hydroxylation is 2. The van der Waals surface area contributed by atoms with Gasteiger partial charge in [0.1, 0.15) is 16.9 Å². The third-order valence-corrected chi connectivity index (χ3v) is 7.89. The van der Waals surface area contributed by atoms with Crippen molar-refractivity contribution >= 4 is 18.0 Å². The number of alkyl halides is 3. The van der Waals surface area contributed by atoms with E-state index in [1.807, 2.05) is 23.8 Å². The third-order valence-electron chi connectivity index (χ3n) is 7.89. The molecule has 2 amide bonds. The molecule has 3 aliphatic heterocycles. The van der Waals surface area contributed by atoms with Crippen LogP contribution in [0.2, 0.25) is 0 Å². The summed E-state index contributed by atoms with van der Waals surface area (Å²) in [6.45, 7) is 9.22. The Bertz CT molecular complexity index is 978. The number of ether oxygens (including phenoxy) is 1. The molecule has 4 heterocycles. The van der Waals surface area contributed by atoms with Crippen LogP contribution >= 0.6 is 0 Å².